The van der Waals surface area contributed by atoms with Crippen molar-refractivity contribution in [2.45, 2.75) is 38.8 Å². The Bertz CT molecular complexity index is 432. The molecule has 0 saturated carbocycles. The van der Waals surface area contributed by atoms with Crippen molar-refractivity contribution < 1.29 is 4.39 Å². The molecule has 1 fully saturated rings. The van der Waals surface area contributed by atoms with Gasteiger partial charge in [-0.25, -0.2) is 4.39 Å². The molecule has 0 radical (unpaired) electrons. The molecule has 2 rings (SSSR count). The van der Waals surface area contributed by atoms with Gasteiger partial charge in [0.05, 0.1) is 5.02 Å². The van der Waals surface area contributed by atoms with E-state index in [-0.39, 0.29) is 35.3 Å². The Morgan fingerprint density at radius 2 is 1.90 bits per heavy atom. The van der Waals surface area contributed by atoms with Crippen molar-refractivity contribution in [2.24, 2.45) is 11.7 Å². The summed E-state index contributed by atoms with van der Waals surface area (Å²) in [6.07, 6.45) is 2.27. The molecular weight excluding hydrogens is 298 g/mol. The van der Waals surface area contributed by atoms with Crippen LogP contribution in [0.25, 0.3) is 0 Å². The van der Waals surface area contributed by atoms with E-state index in [1.807, 2.05) is 6.07 Å². The Labute approximate surface area is 131 Å². The highest BCUT2D eigenvalue weighted by atomic mass is 35.5. The van der Waals surface area contributed by atoms with Crippen LogP contribution in [0.3, 0.4) is 0 Å². The first kappa shape index (κ1) is 17.7. The van der Waals surface area contributed by atoms with Crippen molar-refractivity contribution in [3.05, 3.63) is 34.6 Å². The molecule has 5 heteroatoms. The Balaban J connectivity index is 0.00000200. The van der Waals surface area contributed by atoms with Gasteiger partial charge in [-0.05, 0) is 63.4 Å². The predicted octanol–water partition coefficient (Wildman–Crippen LogP) is 4.02. The highest BCUT2D eigenvalue weighted by Crippen LogP contribution is 2.29. The van der Waals surface area contributed by atoms with Crippen LogP contribution in [0, 0.1) is 11.7 Å². The molecule has 20 heavy (non-hydrogen) atoms. The maximum atomic E-state index is 13.2. The van der Waals surface area contributed by atoms with Gasteiger partial charge in [0, 0.05) is 12.1 Å². The minimum absolute atomic E-state index is 0. The second-order valence-corrected chi connectivity index (χ2v) is 5.99. The number of likely N-dealkylation sites (tertiary alicyclic amines) is 1. The maximum absolute atomic E-state index is 13.2. The summed E-state index contributed by atoms with van der Waals surface area (Å²) in [6, 6.07) is 5.55. The molecule has 1 heterocycles. The summed E-state index contributed by atoms with van der Waals surface area (Å²) in [5, 5.41) is 0.204. The van der Waals surface area contributed by atoms with Crippen LogP contribution in [0.5, 0.6) is 0 Å². The van der Waals surface area contributed by atoms with Crippen LogP contribution < -0.4 is 5.73 Å². The predicted molar refractivity (Wildman–Crippen MR) is 85.0 cm³/mol. The van der Waals surface area contributed by atoms with Crippen LogP contribution in [0.2, 0.25) is 5.02 Å². The first-order chi connectivity index (χ1) is 8.99. The SMILES string of the molecule is CC(N)C1CCN(C(C)c2ccc(F)c(Cl)c2)CC1.Cl. The first-order valence-electron chi connectivity index (χ1n) is 6.93. The minimum atomic E-state index is -0.353. The third-order valence-corrected chi connectivity index (χ3v) is 4.58. The normalized spacial score (nSPS) is 20.2. The van der Waals surface area contributed by atoms with E-state index in [1.54, 1.807) is 6.07 Å². The summed E-state index contributed by atoms with van der Waals surface area (Å²) < 4.78 is 13.2. The van der Waals surface area contributed by atoms with Crippen LogP contribution in [0.1, 0.15) is 38.3 Å². The molecule has 0 bridgehead atoms. The number of piperidine rings is 1. The van der Waals surface area contributed by atoms with Gasteiger partial charge in [-0.3, -0.25) is 4.90 Å². The van der Waals surface area contributed by atoms with Crippen molar-refractivity contribution in [3.63, 3.8) is 0 Å². The second-order valence-electron chi connectivity index (χ2n) is 5.58. The molecule has 1 aromatic carbocycles. The van der Waals surface area contributed by atoms with Crippen molar-refractivity contribution in [3.8, 4) is 0 Å². The fourth-order valence-electron chi connectivity index (χ4n) is 2.82. The van der Waals surface area contributed by atoms with Gasteiger partial charge in [0.2, 0.25) is 0 Å². The van der Waals surface area contributed by atoms with E-state index in [0.717, 1.165) is 31.5 Å². The highest BCUT2D eigenvalue weighted by molar-refractivity contribution is 6.30. The molecule has 0 aliphatic carbocycles. The van der Waals surface area contributed by atoms with Crippen LogP contribution in [-0.2, 0) is 0 Å². The summed E-state index contributed by atoms with van der Waals surface area (Å²) in [5.41, 5.74) is 7.03. The van der Waals surface area contributed by atoms with Crippen LogP contribution in [0.4, 0.5) is 4.39 Å². The molecule has 2 N–H and O–H groups in total. The zero-order valence-electron chi connectivity index (χ0n) is 12.0. The summed E-state index contributed by atoms with van der Waals surface area (Å²) in [7, 11) is 0. The van der Waals surface area contributed by atoms with Gasteiger partial charge in [-0.1, -0.05) is 17.7 Å². The molecule has 0 amide bonds. The highest BCUT2D eigenvalue weighted by Gasteiger charge is 2.25. The van der Waals surface area contributed by atoms with E-state index in [1.165, 1.54) is 6.07 Å². The zero-order valence-corrected chi connectivity index (χ0v) is 13.6. The lowest BCUT2D eigenvalue weighted by Gasteiger charge is -2.37. The number of nitrogens with zero attached hydrogens (tertiary/aromatic N) is 1. The average molecular weight is 321 g/mol. The Kier molecular flexibility index (Phi) is 6.73. The molecular formula is C15H23Cl2FN2. The van der Waals surface area contributed by atoms with Crippen LogP contribution >= 0.6 is 24.0 Å². The molecule has 2 atom stereocenters. The van der Waals surface area contributed by atoms with E-state index < -0.39 is 0 Å². The Morgan fingerprint density at radius 3 is 2.40 bits per heavy atom. The molecule has 1 saturated heterocycles. The number of rotatable bonds is 3. The van der Waals surface area contributed by atoms with E-state index in [4.69, 9.17) is 17.3 Å². The molecule has 0 aromatic heterocycles. The van der Waals surface area contributed by atoms with Crippen molar-refractivity contribution >= 4 is 24.0 Å². The minimum Gasteiger partial charge on any atom is -0.328 e. The number of hydrogen-bond donors (Lipinski definition) is 1. The van der Waals surface area contributed by atoms with Gasteiger partial charge in [-0.15, -0.1) is 12.4 Å². The molecule has 2 unspecified atom stereocenters. The lowest BCUT2D eigenvalue weighted by Crippen LogP contribution is -2.40. The van der Waals surface area contributed by atoms with Gasteiger partial charge in [-0.2, -0.15) is 0 Å². The Hall–Kier alpha value is -0.350. The van der Waals surface area contributed by atoms with Gasteiger partial charge in [0.1, 0.15) is 5.82 Å². The van der Waals surface area contributed by atoms with E-state index in [9.17, 15) is 4.39 Å². The van der Waals surface area contributed by atoms with Gasteiger partial charge < -0.3 is 5.73 Å². The summed E-state index contributed by atoms with van der Waals surface area (Å²) in [5.74, 6) is 0.272. The summed E-state index contributed by atoms with van der Waals surface area (Å²) in [6.45, 7) is 6.32. The van der Waals surface area contributed by atoms with Crippen molar-refractivity contribution in [1.82, 2.24) is 4.90 Å². The quantitative estimate of drug-likeness (QED) is 0.911. The number of hydrogen-bond acceptors (Lipinski definition) is 2. The number of nitrogens with two attached hydrogens (primary N) is 1. The Morgan fingerprint density at radius 1 is 1.30 bits per heavy atom. The molecule has 1 aromatic rings. The molecule has 1 aliphatic rings. The lowest BCUT2D eigenvalue weighted by atomic mass is 9.90. The lowest BCUT2D eigenvalue weighted by molar-refractivity contribution is 0.132. The third-order valence-electron chi connectivity index (χ3n) is 4.29. The smallest absolute Gasteiger partial charge is 0.141 e. The van der Waals surface area contributed by atoms with Crippen LogP contribution in [-0.4, -0.2) is 24.0 Å². The average Bonchev–Trinajstić information content (AvgIpc) is 2.41. The first-order valence-corrected chi connectivity index (χ1v) is 7.31. The fourth-order valence-corrected chi connectivity index (χ4v) is 3.00. The number of halogens is 3. The molecule has 1 aliphatic heterocycles. The van der Waals surface area contributed by atoms with Crippen LogP contribution in [0.15, 0.2) is 18.2 Å². The standard InChI is InChI=1S/C15H22ClFN2.ClH/c1-10(18)12-5-7-19(8-6-12)11(2)13-3-4-15(17)14(16)9-13;/h3-4,9-12H,5-8,18H2,1-2H3;1H. The van der Waals surface area contributed by atoms with E-state index in [0.29, 0.717) is 5.92 Å². The second kappa shape index (κ2) is 7.60. The summed E-state index contributed by atoms with van der Waals surface area (Å²) in [4.78, 5) is 2.42. The van der Waals surface area contributed by atoms with Gasteiger partial charge in [0.25, 0.3) is 0 Å². The zero-order chi connectivity index (χ0) is 14.0. The van der Waals surface area contributed by atoms with Crippen molar-refractivity contribution in [2.75, 3.05) is 13.1 Å². The van der Waals surface area contributed by atoms with Gasteiger partial charge in [0.15, 0.2) is 0 Å². The molecule has 2 nitrogen and oxygen atoms in total. The van der Waals surface area contributed by atoms with E-state index >= 15 is 0 Å². The molecule has 0 spiro atoms. The van der Waals surface area contributed by atoms with E-state index in [2.05, 4.69) is 18.7 Å². The third kappa shape index (κ3) is 4.08. The fraction of sp³-hybridized carbons (Fsp3) is 0.600. The molecule has 114 valence electrons. The topological polar surface area (TPSA) is 29.3 Å². The summed E-state index contributed by atoms with van der Waals surface area (Å²) >= 11 is 5.85. The number of benzene rings is 1. The monoisotopic (exact) mass is 320 g/mol. The van der Waals surface area contributed by atoms with Gasteiger partial charge >= 0.3 is 0 Å². The van der Waals surface area contributed by atoms with Crippen molar-refractivity contribution in [1.29, 1.82) is 0 Å². The maximum Gasteiger partial charge on any atom is 0.141 e. The largest absolute Gasteiger partial charge is 0.328 e.